The highest BCUT2D eigenvalue weighted by molar-refractivity contribution is 7.13. The van der Waals surface area contributed by atoms with Gasteiger partial charge in [0.15, 0.2) is 5.13 Å². The lowest BCUT2D eigenvalue weighted by Gasteiger charge is -2.04. The lowest BCUT2D eigenvalue weighted by atomic mass is 10.1. The number of aromatic nitrogens is 1. The Kier molecular flexibility index (Phi) is 4.45. The van der Waals surface area contributed by atoms with Gasteiger partial charge in [0, 0.05) is 18.3 Å². The molecule has 1 N–H and O–H groups in total. The summed E-state index contributed by atoms with van der Waals surface area (Å²) < 4.78 is 4.90. The fourth-order valence-electron chi connectivity index (χ4n) is 2.10. The van der Waals surface area contributed by atoms with Gasteiger partial charge >= 0.3 is 5.97 Å². The first-order chi connectivity index (χ1) is 9.01. The summed E-state index contributed by atoms with van der Waals surface area (Å²) >= 11 is 1.61. The molecule has 1 heterocycles. The predicted octanol–water partition coefficient (Wildman–Crippen LogP) is 3.10. The molecule has 0 saturated heterocycles. The third kappa shape index (κ3) is 4.20. The number of hydrogen-bond acceptors (Lipinski definition) is 5. The molecular formula is C14H22N2O2S. The van der Waals surface area contributed by atoms with Crippen molar-refractivity contribution in [2.75, 3.05) is 18.5 Å². The average molecular weight is 282 g/mol. The number of nitrogens with one attached hydrogen (secondary N) is 1. The van der Waals surface area contributed by atoms with E-state index in [1.807, 2.05) is 12.3 Å². The van der Waals surface area contributed by atoms with Crippen molar-refractivity contribution in [3.63, 3.8) is 0 Å². The van der Waals surface area contributed by atoms with Crippen molar-refractivity contribution < 1.29 is 9.53 Å². The molecule has 106 valence electrons. The van der Waals surface area contributed by atoms with Crippen molar-refractivity contribution in [2.45, 2.75) is 40.0 Å². The number of aryl methyl sites for hydroxylation is 1. The first kappa shape index (κ1) is 14.3. The lowest BCUT2D eigenvalue weighted by molar-refractivity contribution is -0.143. The van der Waals surface area contributed by atoms with E-state index in [0.29, 0.717) is 24.9 Å². The van der Waals surface area contributed by atoms with Crippen LogP contribution in [0.5, 0.6) is 0 Å². The van der Waals surface area contributed by atoms with Gasteiger partial charge in [-0.15, -0.1) is 11.3 Å². The van der Waals surface area contributed by atoms with Gasteiger partial charge in [-0.05, 0) is 24.7 Å². The lowest BCUT2D eigenvalue weighted by Crippen LogP contribution is -2.07. The van der Waals surface area contributed by atoms with Crippen LogP contribution in [0.15, 0.2) is 5.38 Å². The molecule has 0 spiro atoms. The van der Waals surface area contributed by atoms with Gasteiger partial charge in [0.25, 0.3) is 0 Å². The quantitative estimate of drug-likeness (QED) is 0.781. The molecule has 1 unspecified atom stereocenters. The second-order valence-corrected chi connectivity index (χ2v) is 6.58. The molecule has 1 aromatic rings. The Morgan fingerprint density at radius 1 is 1.63 bits per heavy atom. The molecule has 0 aromatic carbocycles. The number of nitrogens with zero attached hydrogens (tertiary/aromatic N) is 1. The summed E-state index contributed by atoms with van der Waals surface area (Å²) in [6.45, 7) is 7.86. The van der Waals surface area contributed by atoms with Crippen LogP contribution in [0.4, 0.5) is 5.13 Å². The largest absolute Gasteiger partial charge is 0.466 e. The van der Waals surface area contributed by atoms with Crippen LogP contribution in [0.3, 0.4) is 0 Å². The van der Waals surface area contributed by atoms with Gasteiger partial charge in [-0.2, -0.15) is 0 Å². The van der Waals surface area contributed by atoms with Crippen molar-refractivity contribution in [2.24, 2.45) is 11.3 Å². The molecule has 5 heteroatoms. The summed E-state index contributed by atoms with van der Waals surface area (Å²) in [6.07, 6.45) is 2.36. The van der Waals surface area contributed by atoms with Crippen LogP contribution in [-0.2, 0) is 16.0 Å². The van der Waals surface area contributed by atoms with Gasteiger partial charge in [0.1, 0.15) is 0 Å². The fourth-order valence-corrected chi connectivity index (χ4v) is 2.86. The van der Waals surface area contributed by atoms with E-state index >= 15 is 0 Å². The number of ether oxygens (including phenoxy) is 1. The normalized spacial score (nSPS) is 20.1. The van der Waals surface area contributed by atoms with Gasteiger partial charge in [-0.25, -0.2) is 4.98 Å². The highest BCUT2D eigenvalue weighted by Gasteiger charge is 2.45. The molecule has 1 saturated carbocycles. The maximum absolute atomic E-state index is 11.3. The molecule has 1 fully saturated rings. The number of esters is 1. The minimum atomic E-state index is -0.148. The molecule has 1 aliphatic rings. The Morgan fingerprint density at radius 2 is 2.37 bits per heavy atom. The Hall–Kier alpha value is -1.10. The monoisotopic (exact) mass is 282 g/mol. The van der Waals surface area contributed by atoms with E-state index in [9.17, 15) is 4.79 Å². The molecule has 0 amide bonds. The van der Waals surface area contributed by atoms with Crippen molar-refractivity contribution in [3.8, 4) is 0 Å². The summed E-state index contributed by atoms with van der Waals surface area (Å²) in [5.74, 6) is 0.615. The maximum atomic E-state index is 11.3. The minimum Gasteiger partial charge on any atom is -0.466 e. The number of hydrogen-bond donors (Lipinski definition) is 1. The molecule has 0 aliphatic heterocycles. The standard InChI is InChI=1S/C14H22N2O2S/c1-4-18-12(17)6-5-11-9-19-13(16-11)15-8-10-7-14(10,2)3/h9-10H,4-8H2,1-3H3,(H,15,16). The molecular weight excluding hydrogens is 260 g/mol. The summed E-state index contributed by atoms with van der Waals surface area (Å²) in [5.41, 5.74) is 1.47. The molecule has 4 nitrogen and oxygen atoms in total. The van der Waals surface area contributed by atoms with E-state index in [-0.39, 0.29) is 5.97 Å². The van der Waals surface area contributed by atoms with E-state index in [0.717, 1.165) is 23.3 Å². The third-order valence-electron chi connectivity index (χ3n) is 3.66. The minimum absolute atomic E-state index is 0.148. The van der Waals surface area contributed by atoms with Crippen LogP contribution >= 0.6 is 11.3 Å². The molecule has 1 aliphatic carbocycles. The topological polar surface area (TPSA) is 51.2 Å². The Labute approximate surface area is 118 Å². The van der Waals surface area contributed by atoms with Crippen LogP contribution in [0.25, 0.3) is 0 Å². The molecule has 1 aromatic heterocycles. The van der Waals surface area contributed by atoms with E-state index in [2.05, 4.69) is 24.1 Å². The van der Waals surface area contributed by atoms with Crippen LogP contribution < -0.4 is 5.32 Å². The van der Waals surface area contributed by atoms with Gasteiger partial charge in [0.2, 0.25) is 0 Å². The zero-order valence-corrected chi connectivity index (χ0v) is 12.7. The Bertz CT molecular complexity index is 442. The van der Waals surface area contributed by atoms with E-state index in [1.165, 1.54) is 6.42 Å². The van der Waals surface area contributed by atoms with Crippen molar-refractivity contribution in [3.05, 3.63) is 11.1 Å². The van der Waals surface area contributed by atoms with Crippen LogP contribution in [0, 0.1) is 11.3 Å². The van der Waals surface area contributed by atoms with Crippen LogP contribution in [0.1, 0.15) is 39.3 Å². The Balaban J connectivity index is 1.71. The highest BCUT2D eigenvalue weighted by atomic mass is 32.1. The van der Waals surface area contributed by atoms with Crippen molar-refractivity contribution >= 4 is 22.4 Å². The first-order valence-electron chi connectivity index (χ1n) is 6.85. The van der Waals surface area contributed by atoms with Crippen LogP contribution in [0.2, 0.25) is 0 Å². The first-order valence-corrected chi connectivity index (χ1v) is 7.73. The number of rotatable bonds is 7. The Morgan fingerprint density at radius 3 is 3.00 bits per heavy atom. The summed E-state index contributed by atoms with van der Waals surface area (Å²) in [4.78, 5) is 15.7. The third-order valence-corrected chi connectivity index (χ3v) is 4.51. The second kappa shape index (κ2) is 5.90. The molecule has 1 atom stereocenters. The smallest absolute Gasteiger partial charge is 0.306 e. The molecule has 19 heavy (non-hydrogen) atoms. The highest BCUT2D eigenvalue weighted by Crippen LogP contribution is 2.51. The van der Waals surface area contributed by atoms with Gasteiger partial charge < -0.3 is 10.1 Å². The number of thiazole rings is 1. The number of carbonyl (C=O) groups excluding carboxylic acids is 1. The van der Waals surface area contributed by atoms with Gasteiger partial charge in [-0.3, -0.25) is 4.79 Å². The van der Waals surface area contributed by atoms with Crippen molar-refractivity contribution in [1.82, 2.24) is 4.98 Å². The maximum Gasteiger partial charge on any atom is 0.306 e. The van der Waals surface area contributed by atoms with Crippen molar-refractivity contribution in [1.29, 1.82) is 0 Å². The summed E-state index contributed by atoms with van der Waals surface area (Å²) in [7, 11) is 0. The number of anilines is 1. The zero-order valence-electron chi connectivity index (χ0n) is 11.9. The molecule has 0 bridgehead atoms. The van der Waals surface area contributed by atoms with E-state index < -0.39 is 0 Å². The summed E-state index contributed by atoms with van der Waals surface area (Å²) in [5, 5.41) is 6.36. The number of carbonyl (C=O) groups is 1. The summed E-state index contributed by atoms with van der Waals surface area (Å²) in [6, 6.07) is 0. The van der Waals surface area contributed by atoms with Crippen LogP contribution in [-0.4, -0.2) is 24.1 Å². The van der Waals surface area contributed by atoms with E-state index in [4.69, 9.17) is 4.74 Å². The van der Waals surface area contributed by atoms with Gasteiger partial charge in [0.05, 0.1) is 18.7 Å². The average Bonchev–Trinajstić information content (AvgIpc) is 2.75. The SMILES string of the molecule is CCOC(=O)CCc1csc(NCC2CC2(C)C)n1. The second-order valence-electron chi connectivity index (χ2n) is 5.72. The molecule has 2 rings (SSSR count). The fraction of sp³-hybridized carbons (Fsp3) is 0.714. The zero-order chi connectivity index (χ0) is 13.9. The molecule has 0 radical (unpaired) electrons. The van der Waals surface area contributed by atoms with Gasteiger partial charge in [-0.1, -0.05) is 13.8 Å². The predicted molar refractivity (Wildman–Crippen MR) is 77.4 cm³/mol. The van der Waals surface area contributed by atoms with E-state index in [1.54, 1.807) is 11.3 Å².